The van der Waals surface area contributed by atoms with Crippen molar-refractivity contribution in [3.63, 3.8) is 0 Å². The van der Waals surface area contributed by atoms with Crippen LogP contribution in [-0.4, -0.2) is 78.1 Å². The van der Waals surface area contributed by atoms with Gasteiger partial charge in [-0.05, 0) is 0 Å². The van der Waals surface area contributed by atoms with Crippen LogP contribution in [-0.2, 0) is 46.0 Å². The number of methoxy groups -OCH3 is 1. The van der Waals surface area contributed by atoms with Gasteiger partial charge in [0.25, 0.3) is 0 Å². The largest absolute Gasteiger partial charge is 0.467 e. The fraction of sp³-hybridized carbons (Fsp3) is 0.529. The van der Waals surface area contributed by atoms with E-state index in [-0.39, 0.29) is 12.2 Å². The average molecular weight is 473 g/mol. The molecule has 0 amide bonds. The molecule has 0 spiro atoms. The lowest BCUT2D eigenvalue weighted by Crippen LogP contribution is -2.36. The van der Waals surface area contributed by atoms with Crippen LogP contribution in [0.2, 0.25) is 0 Å². The summed E-state index contributed by atoms with van der Waals surface area (Å²) in [5, 5.41) is 0. The smallest absolute Gasteiger partial charge is 0.345 e. The zero-order valence-corrected chi connectivity index (χ0v) is 19.0. The van der Waals surface area contributed by atoms with Crippen LogP contribution in [0.3, 0.4) is 0 Å². The van der Waals surface area contributed by atoms with E-state index >= 15 is 0 Å². The highest BCUT2D eigenvalue weighted by Crippen LogP contribution is 2.20. The Morgan fingerprint density at radius 1 is 0.935 bits per heavy atom. The SMILES string of the molecule is COc1ncc2c(n1)CCN(S(C)(=O)=O)C2.CS(=O)(=O)N1CCc2[nH]c(=O)ncc2C1. The summed E-state index contributed by atoms with van der Waals surface area (Å²) >= 11 is 0. The molecule has 0 bridgehead atoms. The molecule has 0 unspecified atom stereocenters. The summed E-state index contributed by atoms with van der Waals surface area (Å²) in [5.41, 5.74) is 2.88. The summed E-state index contributed by atoms with van der Waals surface area (Å²) in [7, 11) is -4.80. The van der Waals surface area contributed by atoms with Gasteiger partial charge in [0.15, 0.2) is 0 Å². The number of fused-ring (bicyclic) bond motifs is 2. The molecule has 2 aliphatic rings. The maximum absolute atomic E-state index is 11.4. The zero-order valence-electron chi connectivity index (χ0n) is 17.4. The molecule has 4 heterocycles. The van der Waals surface area contributed by atoms with Crippen molar-refractivity contribution in [1.82, 2.24) is 28.5 Å². The molecule has 170 valence electrons. The molecule has 12 nitrogen and oxygen atoms in total. The van der Waals surface area contributed by atoms with Crippen LogP contribution in [0.5, 0.6) is 6.01 Å². The minimum atomic E-state index is -3.17. The Hall–Kier alpha value is -2.42. The van der Waals surface area contributed by atoms with Crippen LogP contribution < -0.4 is 10.4 Å². The van der Waals surface area contributed by atoms with Gasteiger partial charge in [-0.3, -0.25) is 0 Å². The quantitative estimate of drug-likeness (QED) is 0.585. The summed E-state index contributed by atoms with van der Waals surface area (Å²) in [6, 6.07) is 0.326. The first-order chi connectivity index (χ1) is 14.5. The highest BCUT2D eigenvalue weighted by molar-refractivity contribution is 7.88. The van der Waals surface area contributed by atoms with Crippen LogP contribution in [0.15, 0.2) is 17.2 Å². The van der Waals surface area contributed by atoms with Crippen molar-refractivity contribution in [2.45, 2.75) is 25.9 Å². The maximum atomic E-state index is 11.4. The Kier molecular flexibility index (Phi) is 6.73. The highest BCUT2D eigenvalue weighted by Gasteiger charge is 2.25. The third kappa shape index (κ3) is 5.84. The molecule has 0 aliphatic carbocycles. The van der Waals surface area contributed by atoms with Crippen LogP contribution in [0.1, 0.15) is 22.5 Å². The van der Waals surface area contributed by atoms with Gasteiger partial charge in [-0.2, -0.15) is 13.6 Å². The second kappa shape index (κ2) is 8.98. The van der Waals surface area contributed by atoms with Gasteiger partial charge in [-0.25, -0.2) is 31.6 Å². The van der Waals surface area contributed by atoms with Gasteiger partial charge in [0.2, 0.25) is 20.0 Å². The summed E-state index contributed by atoms with van der Waals surface area (Å²) in [6.07, 6.45) is 6.57. The van der Waals surface area contributed by atoms with Crippen LogP contribution >= 0.6 is 0 Å². The molecular formula is C17H24N6O6S2. The van der Waals surface area contributed by atoms with Gasteiger partial charge in [-0.15, -0.1) is 0 Å². The number of nitrogens with one attached hydrogen (secondary N) is 1. The second-order valence-electron chi connectivity index (χ2n) is 7.21. The first-order valence-corrected chi connectivity index (χ1v) is 13.0. The molecule has 0 saturated heterocycles. The van der Waals surface area contributed by atoms with Crippen molar-refractivity contribution in [3.05, 3.63) is 45.4 Å². The highest BCUT2D eigenvalue weighted by atomic mass is 32.2. The van der Waals surface area contributed by atoms with E-state index in [4.69, 9.17) is 4.74 Å². The number of rotatable bonds is 3. The summed E-state index contributed by atoms with van der Waals surface area (Å²) < 4.78 is 53.1. The Morgan fingerprint density at radius 3 is 2.13 bits per heavy atom. The van der Waals surface area contributed by atoms with Gasteiger partial charge >= 0.3 is 11.7 Å². The molecule has 0 fully saturated rings. The molecule has 0 atom stereocenters. The standard InChI is InChI=1S/C9H13N3O3S.C8H11N3O3S/c1-15-9-10-5-7-6-12(16(2,13)14)4-3-8(7)11-9;1-15(13,14)11-3-2-7-6(5-11)4-9-8(12)10-7/h5H,3-4,6H2,1-2H3;4H,2-3,5H2,1H3,(H,9,10,12). The molecule has 31 heavy (non-hydrogen) atoms. The predicted octanol–water partition coefficient (Wildman–Crippen LogP) is -1.11. The van der Waals surface area contributed by atoms with E-state index in [1.807, 2.05) is 0 Å². The number of sulfonamides is 2. The molecule has 2 aliphatic heterocycles. The van der Waals surface area contributed by atoms with Crippen molar-refractivity contribution in [3.8, 4) is 6.01 Å². The number of aromatic nitrogens is 4. The molecule has 0 saturated carbocycles. The lowest BCUT2D eigenvalue weighted by Gasteiger charge is -2.25. The van der Waals surface area contributed by atoms with Gasteiger partial charge in [0.05, 0.1) is 25.3 Å². The van der Waals surface area contributed by atoms with Gasteiger partial charge in [-0.1, -0.05) is 0 Å². The summed E-state index contributed by atoms with van der Waals surface area (Å²) in [6.45, 7) is 1.51. The van der Waals surface area contributed by atoms with Crippen molar-refractivity contribution >= 4 is 20.0 Å². The van der Waals surface area contributed by atoms with E-state index in [1.165, 1.54) is 34.4 Å². The number of aromatic amines is 1. The Morgan fingerprint density at radius 2 is 1.52 bits per heavy atom. The predicted molar refractivity (Wildman–Crippen MR) is 111 cm³/mol. The first-order valence-electron chi connectivity index (χ1n) is 9.33. The molecule has 14 heteroatoms. The lowest BCUT2D eigenvalue weighted by atomic mass is 10.1. The van der Waals surface area contributed by atoms with E-state index in [1.54, 1.807) is 6.20 Å². The minimum absolute atomic E-state index is 0.290. The van der Waals surface area contributed by atoms with Crippen molar-refractivity contribution in [1.29, 1.82) is 0 Å². The van der Waals surface area contributed by atoms with Crippen molar-refractivity contribution in [2.75, 3.05) is 32.7 Å². The summed E-state index contributed by atoms with van der Waals surface area (Å²) in [5.74, 6) is 0. The first kappa shape index (κ1) is 23.2. The fourth-order valence-corrected chi connectivity index (χ4v) is 4.85. The number of nitrogens with zero attached hydrogens (tertiary/aromatic N) is 5. The monoisotopic (exact) mass is 472 g/mol. The molecule has 4 rings (SSSR count). The molecular weight excluding hydrogens is 448 g/mol. The molecule has 0 aromatic carbocycles. The fourth-order valence-electron chi connectivity index (χ4n) is 3.26. The van der Waals surface area contributed by atoms with E-state index in [9.17, 15) is 21.6 Å². The molecule has 0 radical (unpaired) electrons. The molecule has 2 aromatic rings. The van der Waals surface area contributed by atoms with Gasteiger partial charge < -0.3 is 9.72 Å². The summed E-state index contributed by atoms with van der Waals surface area (Å²) in [4.78, 5) is 25.3. The van der Waals surface area contributed by atoms with Crippen LogP contribution in [0.25, 0.3) is 0 Å². The molecule has 2 aromatic heterocycles. The lowest BCUT2D eigenvalue weighted by molar-refractivity contribution is 0.362. The van der Waals surface area contributed by atoms with Crippen LogP contribution in [0, 0.1) is 0 Å². The number of hydrogen-bond acceptors (Lipinski definition) is 9. The van der Waals surface area contributed by atoms with E-state index < -0.39 is 20.0 Å². The maximum Gasteiger partial charge on any atom is 0.345 e. The van der Waals surface area contributed by atoms with Gasteiger partial charge in [0, 0.05) is 68.2 Å². The third-order valence-electron chi connectivity index (χ3n) is 4.94. The number of H-pyrrole nitrogens is 1. The Balaban J connectivity index is 0.000000176. The van der Waals surface area contributed by atoms with E-state index in [0.29, 0.717) is 38.5 Å². The number of ether oxygens (including phenoxy) is 1. The zero-order chi connectivity index (χ0) is 22.8. The van der Waals surface area contributed by atoms with Crippen molar-refractivity contribution < 1.29 is 21.6 Å². The van der Waals surface area contributed by atoms with E-state index in [0.717, 1.165) is 22.5 Å². The van der Waals surface area contributed by atoms with Crippen molar-refractivity contribution in [2.24, 2.45) is 0 Å². The second-order valence-corrected chi connectivity index (χ2v) is 11.2. The minimum Gasteiger partial charge on any atom is -0.467 e. The normalized spacial score (nSPS) is 17.1. The van der Waals surface area contributed by atoms with Crippen LogP contribution in [0.4, 0.5) is 0 Å². The Bertz CT molecular complexity index is 1230. The number of hydrogen-bond donors (Lipinski definition) is 1. The topological polar surface area (TPSA) is 156 Å². The third-order valence-corrected chi connectivity index (χ3v) is 7.44. The van der Waals surface area contributed by atoms with Gasteiger partial charge in [0.1, 0.15) is 0 Å². The average Bonchev–Trinajstić information content (AvgIpc) is 2.71. The Labute approximate surface area is 180 Å². The molecule has 1 N–H and O–H groups in total. The van der Waals surface area contributed by atoms with E-state index in [2.05, 4.69) is 19.9 Å².